The number of pyridine rings is 1. The number of hydrogen-bond donors (Lipinski definition) is 0. The molecule has 0 amide bonds. The van der Waals surface area contributed by atoms with Gasteiger partial charge in [0.25, 0.3) is 0 Å². The summed E-state index contributed by atoms with van der Waals surface area (Å²) in [7, 11) is 0. The summed E-state index contributed by atoms with van der Waals surface area (Å²) in [5.41, 5.74) is 12.6. The van der Waals surface area contributed by atoms with Crippen LogP contribution in [-0.4, -0.2) is 15.0 Å². The third-order valence-electron chi connectivity index (χ3n) is 10.0. The summed E-state index contributed by atoms with van der Waals surface area (Å²) < 4.78 is 6.39. The summed E-state index contributed by atoms with van der Waals surface area (Å²) in [6.45, 7) is 4.40. The number of hydrogen-bond acceptors (Lipinski definition) is 5. The molecule has 0 saturated heterocycles. The van der Waals surface area contributed by atoms with E-state index in [1.54, 1.807) is 0 Å². The fraction of sp³-hybridized carbons (Fsp3) is 0.0638. The molecule has 8 aromatic rings. The van der Waals surface area contributed by atoms with Crippen LogP contribution in [0.15, 0.2) is 158 Å². The molecule has 0 spiro atoms. The van der Waals surface area contributed by atoms with Crippen molar-refractivity contribution in [2.45, 2.75) is 19.3 Å². The van der Waals surface area contributed by atoms with Crippen molar-refractivity contribution in [1.82, 2.24) is 15.0 Å². The van der Waals surface area contributed by atoms with Crippen LogP contribution in [0.5, 0.6) is 11.5 Å². The minimum absolute atomic E-state index is 0.246. The second-order valence-corrected chi connectivity index (χ2v) is 13.6. The lowest BCUT2D eigenvalue weighted by Gasteiger charge is -2.34. The Morgan fingerprint density at radius 3 is 1.94 bits per heavy atom. The van der Waals surface area contributed by atoms with Gasteiger partial charge in [-0.25, -0.2) is 9.97 Å². The highest BCUT2D eigenvalue weighted by molar-refractivity contribution is 5.94. The van der Waals surface area contributed by atoms with Gasteiger partial charge in [0, 0.05) is 44.8 Å². The summed E-state index contributed by atoms with van der Waals surface area (Å²) in [5, 5.41) is 10.5. The Kier molecular flexibility index (Phi) is 7.45. The van der Waals surface area contributed by atoms with E-state index < -0.39 is 0 Å². The molecule has 0 unspecified atom stereocenters. The van der Waals surface area contributed by atoms with Crippen molar-refractivity contribution < 1.29 is 4.74 Å². The quantitative estimate of drug-likeness (QED) is 0.182. The zero-order chi connectivity index (χ0) is 35.2. The topological polar surface area (TPSA) is 71.7 Å². The van der Waals surface area contributed by atoms with Crippen LogP contribution in [0.2, 0.25) is 0 Å². The van der Waals surface area contributed by atoms with Crippen LogP contribution in [0.4, 0.5) is 0 Å². The maximum Gasteiger partial charge on any atom is 0.160 e. The lowest BCUT2D eigenvalue weighted by atomic mass is 9.75. The van der Waals surface area contributed by atoms with Gasteiger partial charge in [0.1, 0.15) is 11.5 Å². The van der Waals surface area contributed by atoms with Gasteiger partial charge in [-0.1, -0.05) is 117 Å². The number of benzene rings is 6. The van der Waals surface area contributed by atoms with E-state index in [0.29, 0.717) is 11.4 Å². The number of para-hydroxylation sites is 1. The van der Waals surface area contributed by atoms with E-state index in [-0.39, 0.29) is 5.41 Å². The smallest absolute Gasteiger partial charge is 0.160 e. The van der Waals surface area contributed by atoms with Crippen molar-refractivity contribution in [2.24, 2.45) is 0 Å². The summed E-state index contributed by atoms with van der Waals surface area (Å²) >= 11 is 0. The highest BCUT2D eigenvalue weighted by atomic mass is 16.5. The van der Waals surface area contributed by atoms with Gasteiger partial charge >= 0.3 is 0 Å². The Hall–Kier alpha value is -6.90. The Morgan fingerprint density at radius 1 is 0.538 bits per heavy atom. The summed E-state index contributed by atoms with van der Waals surface area (Å²) in [5.74, 6) is 2.24. The molecular weight excluding hydrogens is 637 g/mol. The second-order valence-electron chi connectivity index (χ2n) is 13.6. The minimum Gasteiger partial charge on any atom is -0.457 e. The molecule has 0 aliphatic carbocycles. The van der Waals surface area contributed by atoms with Gasteiger partial charge in [-0.15, -0.1) is 0 Å². The molecule has 0 fully saturated rings. The fourth-order valence-electron chi connectivity index (χ4n) is 7.24. The predicted octanol–water partition coefficient (Wildman–Crippen LogP) is 11.7. The maximum absolute atomic E-state index is 9.46. The van der Waals surface area contributed by atoms with Gasteiger partial charge in [0.2, 0.25) is 0 Å². The molecule has 246 valence electrons. The van der Waals surface area contributed by atoms with E-state index in [2.05, 4.69) is 116 Å². The van der Waals surface area contributed by atoms with Crippen LogP contribution < -0.4 is 4.74 Å². The van der Waals surface area contributed by atoms with Crippen molar-refractivity contribution in [3.05, 3.63) is 175 Å². The Labute approximate surface area is 302 Å². The average molecular weight is 669 g/mol. The Bertz CT molecular complexity index is 2690. The Balaban J connectivity index is 1.04. The van der Waals surface area contributed by atoms with E-state index in [4.69, 9.17) is 14.7 Å². The summed E-state index contributed by atoms with van der Waals surface area (Å²) in [4.78, 5) is 14.7. The molecule has 52 heavy (non-hydrogen) atoms. The number of nitrogens with zero attached hydrogens (tertiary/aromatic N) is 4. The minimum atomic E-state index is -0.246. The van der Waals surface area contributed by atoms with E-state index in [1.807, 2.05) is 66.9 Å². The van der Waals surface area contributed by atoms with E-state index in [1.165, 1.54) is 0 Å². The van der Waals surface area contributed by atoms with Gasteiger partial charge in [0.05, 0.1) is 28.5 Å². The lowest BCUT2D eigenvalue weighted by Crippen LogP contribution is -2.24. The average Bonchev–Trinajstić information content (AvgIpc) is 3.20. The molecule has 5 heteroatoms. The van der Waals surface area contributed by atoms with Gasteiger partial charge in [-0.05, 0) is 70.8 Å². The largest absolute Gasteiger partial charge is 0.457 e. The summed E-state index contributed by atoms with van der Waals surface area (Å²) in [6, 6.07) is 54.0. The van der Waals surface area contributed by atoms with Gasteiger partial charge in [-0.3, -0.25) is 4.98 Å². The van der Waals surface area contributed by atoms with Crippen molar-refractivity contribution in [3.8, 4) is 73.7 Å². The molecule has 0 saturated carbocycles. The lowest BCUT2D eigenvalue weighted by molar-refractivity contribution is 0.418. The van der Waals surface area contributed by atoms with E-state index in [9.17, 15) is 5.26 Å². The SMILES string of the molecule is CC1(C)c2ccc(C#N)cc2Oc2cc(-c3ccc(-c4cccc(-c5nc(-c6cccc(-c7ccccn7)c6)nc6ccccc56)c4)cc3)ccc21. The first-order chi connectivity index (χ1) is 25.4. The van der Waals surface area contributed by atoms with E-state index in [0.717, 1.165) is 83.9 Å². The van der Waals surface area contributed by atoms with Crippen molar-refractivity contribution in [2.75, 3.05) is 0 Å². The zero-order valence-electron chi connectivity index (χ0n) is 28.7. The van der Waals surface area contributed by atoms with Crippen LogP contribution in [0.25, 0.3) is 67.1 Å². The number of nitriles is 1. The second kappa shape index (κ2) is 12.5. The van der Waals surface area contributed by atoms with Crippen molar-refractivity contribution in [1.29, 1.82) is 5.26 Å². The van der Waals surface area contributed by atoms with Gasteiger partial charge in [0.15, 0.2) is 5.82 Å². The van der Waals surface area contributed by atoms with E-state index >= 15 is 0 Å². The first-order valence-electron chi connectivity index (χ1n) is 17.3. The monoisotopic (exact) mass is 668 g/mol. The third-order valence-corrected chi connectivity index (χ3v) is 10.0. The number of aromatic nitrogens is 3. The molecule has 0 atom stereocenters. The molecule has 0 bridgehead atoms. The standard InChI is InChI=1S/C47H32N4O/c1-47(2)39-22-16-30(29-48)25-43(39)52-44-28-34(21-23-40(44)47)32-19-17-31(18-20-32)33-9-7-11-36(26-33)45-38-13-3-4-15-42(38)50-46(51-45)37-12-8-10-35(27-37)41-14-5-6-24-49-41/h3-28H,1-2H3. The van der Waals surface area contributed by atoms with Crippen molar-refractivity contribution >= 4 is 10.9 Å². The van der Waals surface area contributed by atoms with Crippen LogP contribution in [0.3, 0.4) is 0 Å². The fourth-order valence-corrected chi connectivity index (χ4v) is 7.24. The highest BCUT2D eigenvalue weighted by Gasteiger charge is 2.34. The molecule has 1 aliphatic rings. The normalized spacial score (nSPS) is 12.7. The van der Waals surface area contributed by atoms with Crippen LogP contribution in [-0.2, 0) is 5.41 Å². The molecule has 0 radical (unpaired) electrons. The number of rotatable bonds is 5. The predicted molar refractivity (Wildman–Crippen MR) is 208 cm³/mol. The first kappa shape index (κ1) is 31.1. The zero-order valence-corrected chi connectivity index (χ0v) is 28.7. The molecule has 2 aromatic heterocycles. The maximum atomic E-state index is 9.46. The summed E-state index contributed by atoms with van der Waals surface area (Å²) in [6.07, 6.45) is 1.81. The number of ether oxygens (including phenoxy) is 1. The molecule has 0 N–H and O–H groups in total. The number of fused-ring (bicyclic) bond motifs is 3. The molecule has 1 aliphatic heterocycles. The first-order valence-corrected chi connectivity index (χ1v) is 17.3. The molecular formula is C47H32N4O. The molecule has 9 rings (SSSR count). The van der Waals surface area contributed by atoms with Gasteiger partial charge < -0.3 is 4.74 Å². The molecule has 3 heterocycles. The Morgan fingerprint density at radius 2 is 1.17 bits per heavy atom. The van der Waals surface area contributed by atoms with Crippen LogP contribution in [0, 0.1) is 11.3 Å². The molecule has 5 nitrogen and oxygen atoms in total. The van der Waals surface area contributed by atoms with Gasteiger partial charge in [-0.2, -0.15) is 5.26 Å². The van der Waals surface area contributed by atoms with Crippen LogP contribution in [0.1, 0.15) is 30.5 Å². The molecule has 6 aromatic carbocycles. The van der Waals surface area contributed by atoms with Crippen molar-refractivity contribution in [3.63, 3.8) is 0 Å². The van der Waals surface area contributed by atoms with Crippen LogP contribution >= 0.6 is 0 Å². The third kappa shape index (κ3) is 5.48. The highest BCUT2D eigenvalue weighted by Crippen LogP contribution is 2.49.